The summed E-state index contributed by atoms with van der Waals surface area (Å²) >= 11 is 0. The number of hydrogen-bond acceptors (Lipinski definition) is 3. The van der Waals surface area contributed by atoms with Crippen LogP contribution in [0.3, 0.4) is 0 Å². The van der Waals surface area contributed by atoms with Crippen LogP contribution in [0.1, 0.15) is 42.6 Å². The molecule has 0 aliphatic heterocycles. The molecule has 0 saturated heterocycles. The summed E-state index contributed by atoms with van der Waals surface area (Å²) in [6, 6.07) is 13.7. The molecule has 1 fully saturated rings. The molecule has 1 aliphatic carbocycles. The summed E-state index contributed by atoms with van der Waals surface area (Å²) < 4.78 is 13.3. The van der Waals surface area contributed by atoms with Crippen molar-refractivity contribution >= 4 is 17.0 Å². The van der Waals surface area contributed by atoms with Gasteiger partial charge in [0.1, 0.15) is 18.1 Å². The van der Waals surface area contributed by atoms with Crippen molar-refractivity contribution in [2.75, 3.05) is 6.61 Å². The molecule has 26 heavy (non-hydrogen) atoms. The molecule has 136 valence electrons. The fourth-order valence-corrected chi connectivity index (χ4v) is 3.68. The Morgan fingerprint density at radius 2 is 1.96 bits per heavy atom. The van der Waals surface area contributed by atoms with E-state index >= 15 is 0 Å². The SMILES string of the molecule is O=C(NC1CCCCC1)c1cc2occc2n1CCOc1ccccc1. The van der Waals surface area contributed by atoms with Gasteiger partial charge < -0.3 is 19.0 Å². The summed E-state index contributed by atoms with van der Waals surface area (Å²) in [5, 5.41) is 3.19. The second-order valence-corrected chi connectivity index (χ2v) is 6.82. The summed E-state index contributed by atoms with van der Waals surface area (Å²) in [7, 11) is 0. The van der Waals surface area contributed by atoms with Crippen LogP contribution < -0.4 is 10.1 Å². The summed E-state index contributed by atoms with van der Waals surface area (Å²) in [6.07, 6.45) is 7.45. The average Bonchev–Trinajstić information content (AvgIpc) is 3.26. The maximum absolute atomic E-state index is 12.8. The van der Waals surface area contributed by atoms with E-state index in [-0.39, 0.29) is 11.9 Å². The number of benzene rings is 1. The second kappa shape index (κ2) is 7.68. The minimum Gasteiger partial charge on any atom is -0.492 e. The van der Waals surface area contributed by atoms with Crippen LogP contribution >= 0.6 is 0 Å². The number of hydrogen-bond donors (Lipinski definition) is 1. The van der Waals surface area contributed by atoms with E-state index in [0.29, 0.717) is 18.8 Å². The van der Waals surface area contributed by atoms with E-state index in [1.165, 1.54) is 19.3 Å². The van der Waals surface area contributed by atoms with Crippen LogP contribution in [0.4, 0.5) is 0 Å². The number of nitrogens with one attached hydrogen (secondary N) is 1. The van der Waals surface area contributed by atoms with Gasteiger partial charge >= 0.3 is 0 Å². The van der Waals surface area contributed by atoms with E-state index in [1.807, 2.05) is 47.0 Å². The Balaban J connectivity index is 1.48. The highest BCUT2D eigenvalue weighted by Gasteiger charge is 2.21. The molecule has 2 aromatic heterocycles. The highest BCUT2D eigenvalue weighted by atomic mass is 16.5. The van der Waals surface area contributed by atoms with Crippen molar-refractivity contribution in [3.8, 4) is 5.75 Å². The van der Waals surface area contributed by atoms with E-state index in [2.05, 4.69) is 5.32 Å². The molecule has 0 radical (unpaired) electrons. The minimum absolute atomic E-state index is 0.0250. The Kier molecular flexibility index (Phi) is 4.95. The Morgan fingerprint density at radius 3 is 2.77 bits per heavy atom. The lowest BCUT2D eigenvalue weighted by Gasteiger charge is -2.23. The standard InChI is InChI=1S/C21H24N2O3/c24-21(22-16-7-3-1-4-8-16)19-15-20-18(11-13-26-20)23(19)12-14-25-17-9-5-2-6-10-17/h2,5-6,9-11,13,15-16H,1,3-4,7-8,12,14H2,(H,22,24). The summed E-state index contributed by atoms with van der Waals surface area (Å²) in [4.78, 5) is 12.8. The number of carbonyl (C=O) groups excluding carboxylic acids is 1. The summed E-state index contributed by atoms with van der Waals surface area (Å²) in [5.74, 6) is 0.805. The molecule has 2 heterocycles. The van der Waals surface area contributed by atoms with E-state index in [0.717, 1.165) is 29.7 Å². The first-order valence-electron chi connectivity index (χ1n) is 9.37. The number of aromatic nitrogens is 1. The van der Waals surface area contributed by atoms with Crippen molar-refractivity contribution in [1.29, 1.82) is 0 Å². The number of ether oxygens (including phenoxy) is 1. The van der Waals surface area contributed by atoms with Gasteiger partial charge in [-0.3, -0.25) is 4.79 Å². The molecule has 0 atom stereocenters. The van der Waals surface area contributed by atoms with E-state index < -0.39 is 0 Å². The summed E-state index contributed by atoms with van der Waals surface area (Å²) in [6.45, 7) is 1.08. The van der Waals surface area contributed by atoms with Gasteiger partial charge in [-0.1, -0.05) is 37.5 Å². The summed E-state index contributed by atoms with van der Waals surface area (Å²) in [5.41, 5.74) is 2.30. The van der Waals surface area contributed by atoms with Crippen molar-refractivity contribution < 1.29 is 13.9 Å². The van der Waals surface area contributed by atoms with Gasteiger partial charge in [-0.25, -0.2) is 0 Å². The van der Waals surface area contributed by atoms with Gasteiger partial charge in [0.2, 0.25) is 0 Å². The van der Waals surface area contributed by atoms with Gasteiger partial charge in [0.15, 0.2) is 5.58 Å². The van der Waals surface area contributed by atoms with Gasteiger partial charge in [-0.2, -0.15) is 0 Å². The molecular formula is C21H24N2O3. The van der Waals surface area contributed by atoms with Crippen LogP contribution in [0.15, 0.2) is 53.1 Å². The lowest BCUT2D eigenvalue weighted by atomic mass is 9.95. The van der Waals surface area contributed by atoms with Crippen LogP contribution in [0.2, 0.25) is 0 Å². The van der Waals surface area contributed by atoms with Crippen molar-refractivity contribution in [3.63, 3.8) is 0 Å². The number of furan rings is 1. The number of para-hydroxylation sites is 1. The van der Waals surface area contributed by atoms with Gasteiger partial charge in [0.05, 0.1) is 18.3 Å². The second-order valence-electron chi connectivity index (χ2n) is 6.82. The zero-order valence-corrected chi connectivity index (χ0v) is 14.8. The molecule has 3 aromatic rings. The molecule has 0 bridgehead atoms. The molecule has 4 rings (SSSR count). The fraction of sp³-hybridized carbons (Fsp3) is 0.381. The molecule has 1 N–H and O–H groups in total. The molecule has 1 amide bonds. The molecule has 1 aromatic carbocycles. The predicted octanol–water partition coefficient (Wildman–Crippen LogP) is 4.38. The Labute approximate surface area is 152 Å². The Morgan fingerprint density at radius 1 is 1.15 bits per heavy atom. The van der Waals surface area contributed by atoms with Gasteiger partial charge in [-0.05, 0) is 25.0 Å². The van der Waals surface area contributed by atoms with Crippen molar-refractivity contribution in [2.45, 2.75) is 44.7 Å². The maximum Gasteiger partial charge on any atom is 0.268 e. The quantitative estimate of drug-likeness (QED) is 0.716. The van der Waals surface area contributed by atoms with Gasteiger partial charge in [-0.15, -0.1) is 0 Å². The third-order valence-corrected chi connectivity index (χ3v) is 5.02. The number of carbonyl (C=O) groups is 1. The molecule has 0 spiro atoms. The zero-order valence-electron chi connectivity index (χ0n) is 14.8. The van der Waals surface area contributed by atoms with Crippen molar-refractivity contribution in [1.82, 2.24) is 9.88 Å². The van der Waals surface area contributed by atoms with E-state index in [1.54, 1.807) is 6.26 Å². The van der Waals surface area contributed by atoms with E-state index in [4.69, 9.17) is 9.15 Å². The maximum atomic E-state index is 12.8. The van der Waals surface area contributed by atoms with Crippen LogP contribution in [-0.2, 0) is 6.54 Å². The van der Waals surface area contributed by atoms with Crippen LogP contribution in [-0.4, -0.2) is 23.1 Å². The molecule has 1 saturated carbocycles. The van der Waals surface area contributed by atoms with Gasteiger partial charge in [0.25, 0.3) is 5.91 Å². The zero-order chi connectivity index (χ0) is 17.8. The van der Waals surface area contributed by atoms with Crippen molar-refractivity contribution in [3.05, 3.63) is 54.4 Å². The van der Waals surface area contributed by atoms with Crippen LogP contribution in [0.5, 0.6) is 5.75 Å². The predicted molar refractivity (Wildman–Crippen MR) is 100 cm³/mol. The fourth-order valence-electron chi connectivity index (χ4n) is 3.68. The highest BCUT2D eigenvalue weighted by Crippen LogP contribution is 2.23. The largest absolute Gasteiger partial charge is 0.492 e. The number of amides is 1. The highest BCUT2D eigenvalue weighted by molar-refractivity contribution is 5.97. The number of nitrogens with zero attached hydrogens (tertiary/aromatic N) is 1. The molecular weight excluding hydrogens is 328 g/mol. The Bertz CT molecular complexity index is 860. The Hall–Kier alpha value is -2.69. The number of fused-ring (bicyclic) bond motifs is 1. The first kappa shape index (κ1) is 16.8. The van der Waals surface area contributed by atoms with Crippen LogP contribution in [0, 0.1) is 0 Å². The molecule has 5 heteroatoms. The minimum atomic E-state index is -0.0250. The molecule has 5 nitrogen and oxygen atoms in total. The van der Waals surface area contributed by atoms with Crippen molar-refractivity contribution in [2.24, 2.45) is 0 Å². The lowest BCUT2D eigenvalue weighted by Crippen LogP contribution is -2.37. The lowest BCUT2D eigenvalue weighted by molar-refractivity contribution is 0.0917. The first-order chi connectivity index (χ1) is 12.8. The molecule has 0 unspecified atom stereocenters. The first-order valence-corrected chi connectivity index (χ1v) is 9.37. The number of rotatable bonds is 6. The third-order valence-electron chi connectivity index (χ3n) is 5.02. The van der Waals surface area contributed by atoms with Crippen LogP contribution in [0.25, 0.3) is 11.1 Å². The third kappa shape index (κ3) is 3.62. The van der Waals surface area contributed by atoms with E-state index in [9.17, 15) is 4.79 Å². The normalized spacial score (nSPS) is 15.2. The molecule has 1 aliphatic rings. The topological polar surface area (TPSA) is 56.4 Å². The van der Waals surface area contributed by atoms with Gasteiger partial charge in [0, 0.05) is 18.2 Å². The average molecular weight is 352 g/mol. The monoisotopic (exact) mass is 352 g/mol. The smallest absolute Gasteiger partial charge is 0.268 e.